The van der Waals surface area contributed by atoms with Crippen molar-refractivity contribution >= 4 is 17.5 Å². The van der Waals surface area contributed by atoms with Crippen molar-refractivity contribution in [1.29, 1.82) is 0 Å². The molecule has 0 aliphatic heterocycles. The van der Waals surface area contributed by atoms with Crippen LogP contribution >= 0.6 is 0 Å². The zero-order valence-electron chi connectivity index (χ0n) is 18.8. The third kappa shape index (κ3) is 6.93. The summed E-state index contributed by atoms with van der Waals surface area (Å²) in [6, 6.07) is 5.98. The number of carbonyl (C=O) groups excluding carboxylic acids is 2. The van der Waals surface area contributed by atoms with Crippen molar-refractivity contribution in [2.75, 3.05) is 4.90 Å². The van der Waals surface area contributed by atoms with Gasteiger partial charge in [-0.3, -0.25) is 14.5 Å². The molecule has 1 aliphatic carbocycles. The monoisotopic (exact) mass is 512 g/mol. The molecular formula is C25H22F6N2O3. The number of halogens is 6. The van der Waals surface area contributed by atoms with E-state index in [1.807, 2.05) is 0 Å². The first-order valence-electron chi connectivity index (χ1n) is 11.0. The van der Waals surface area contributed by atoms with E-state index in [0.717, 1.165) is 49.6 Å². The van der Waals surface area contributed by atoms with Gasteiger partial charge in [0.15, 0.2) is 0 Å². The number of ether oxygens (including phenoxy) is 1. The molecule has 1 atom stereocenters. The number of rotatable bonds is 6. The van der Waals surface area contributed by atoms with Gasteiger partial charge in [0, 0.05) is 11.7 Å². The number of nitrogens with one attached hydrogen (secondary N) is 1. The lowest BCUT2D eigenvalue weighted by Crippen LogP contribution is -2.47. The van der Waals surface area contributed by atoms with Crippen LogP contribution in [0.1, 0.15) is 49.3 Å². The Bertz CT molecular complexity index is 1130. The third-order valence-electron chi connectivity index (χ3n) is 5.66. The summed E-state index contributed by atoms with van der Waals surface area (Å²) in [6.45, 7) is 0. The van der Waals surface area contributed by atoms with Crippen molar-refractivity contribution in [2.24, 2.45) is 0 Å². The van der Waals surface area contributed by atoms with E-state index < -0.39 is 41.7 Å². The molecule has 0 heterocycles. The minimum absolute atomic E-state index is 0.133. The molecular weight excluding hydrogens is 490 g/mol. The van der Waals surface area contributed by atoms with Gasteiger partial charge >= 0.3 is 18.4 Å². The first kappa shape index (κ1) is 26.9. The fourth-order valence-corrected chi connectivity index (χ4v) is 4.11. The number of hydrogen-bond acceptors (Lipinski definition) is 3. The second-order valence-corrected chi connectivity index (χ2v) is 8.23. The zero-order chi connectivity index (χ0) is 26.5. The van der Waals surface area contributed by atoms with Crippen LogP contribution in [0.3, 0.4) is 0 Å². The lowest BCUT2D eigenvalue weighted by atomic mass is 9.94. The smallest absolute Gasteiger partial charge is 0.406 e. The first-order valence-corrected chi connectivity index (χ1v) is 11.0. The lowest BCUT2D eigenvalue weighted by molar-refractivity contribution is -0.274. The standard InChI is InChI=1S/C25H22F6N2O3/c1-2-21(34)33(19-12-7-9-17(15-19)24(26,27)28)22(23(35)32-18-10-4-3-5-11-18)16-8-6-13-20(14-16)36-25(29,30)31/h1,6-9,12-15,18,22H,3-5,10-11H2,(H,32,35). The lowest BCUT2D eigenvalue weighted by Gasteiger charge is -2.32. The summed E-state index contributed by atoms with van der Waals surface area (Å²) in [5.74, 6) is -0.827. The van der Waals surface area contributed by atoms with E-state index in [1.165, 1.54) is 12.1 Å². The van der Waals surface area contributed by atoms with Gasteiger partial charge in [0.25, 0.3) is 0 Å². The Morgan fingerprint density at radius 2 is 1.67 bits per heavy atom. The topological polar surface area (TPSA) is 58.6 Å². The number of anilines is 1. The van der Waals surface area contributed by atoms with Gasteiger partial charge in [0.05, 0.1) is 5.56 Å². The largest absolute Gasteiger partial charge is 0.573 e. The SMILES string of the molecule is C#CC(=O)N(c1cccc(C(F)(F)F)c1)C(C(=O)NC1CCCCC1)c1cccc(OC(F)(F)F)c1. The Morgan fingerprint density at radius 1 is 1.00 bits per heavy atom. The van der Waals surface area contributed by atoms with Crippen molar-refractivity contribution < 1.29 is 40.7 Å². The molecule has 192 valence electrons. The Hall–Kier alpha value is -3.68. The fourth-order valence-electron chi connectivity index (χ4n) is 4.11. The summed E-state index contributed by atoms with van der Waals surface area (Å²) in [5, 5.41) is 2.77. The van der Waals surface area contributed by atoms with E-state index in [2.05, 4.69) is 10.1 Å². The summed E-state index contributed by atoms with van der Waals surface area (Å²) in [7, 11) is 0. The molecule has 1 saturated carbocycles. The Labute approximate surface area is 203 Å². The normalized spacial score (nSPS) is 15.5. The second-order valence-electron chi connectivity index (χ2n) is 8.23. The number of carbonyl (C=O) groups is 2. The zero-order valence-corrected chi connectivity index (χ0v) is 18.8. The fraction of sp³-hybridized carbons (Fsp3) is 0.360. The van der Waals surface area contributed by atoms with Gasteiger partial charge < -0.3 is 10.1 Å². The number of hydrogen-bond donors (Lipinski definition) is 1. The minimum Gasteiger partial charge on any atom is -0.406 e. The number of amides is 2. The Morgan fingerprint density at radius 3 is 2.28 bits per heavy atom. The van der Waals surface area contributed by atoms with E-state index in [1.54, 1.807) is 5.92 Å². The maximum absolute atomic E-state index is 13.5. The van der Waals surface area contributed by atoms with Crippen molar-refractivity contribution in [2.45, 2.75) is 56.7 Å². The van der Waals surface area contributed by atoms with Crippen molar-refractivity contribution in [3.8, 4) is 18.1 Å². The summed E-state index contributed by atoms with van der Waals surface area (Å²) in [5.41, 5.74) is -1.58. The molecule has 11 heteroatoms. The van der Waals surface area contributed by atoms with E-state index in [-0.39, 0.29) is 17.3 Å². The van der Waals surface area contributed by atoms with Crippen LogP contribution < -0.4 is 15.0 Å². The molecule has 5 nitrogen and oxygen atoms in total. The quantitative estimate of drug-likeness (QED) is 0.396. The predicted octanol–water partition coefficient (Wildman–Crippen LogP) is 5.76. The Balaban J connectivity index is 2.12. The van der Waals surface area contributed by atoms with Crippen LogP contribution in [0.2, 0.25) is 0 Å². The molecule has 1 aliphatic rings. The molecule has 0 radical (unpaired) electrons. The van der Waals surface area contributed by atoms with Gasteiger partial charge in [0.1, 0.15) is 11.8 Å². The molecule has 36 heavy (non-hydrogen) atoms. The number of nitrogens with zero attached hydrogens (tertiary/aromatic N) is 1. The van der Waals surface area contributed by atoms with Crippen molar-refractivity contribution in [3.63, 3.8) is 0 Å². The molecule has 1 fully saturated rings. The molecule has 0 spiro atoms. The van der Waals surface area contributed by atoms with Crippen molar-refractivity contribution in [3.05, 3.63) is 59.7 Å². The average molecular weight is 512 g/mol. The second kappa shape index (κ2) is 10.9. The van der Waals surface area contributed by atoms with Crippen LogP contribution in [0.25, 0.3) is 0 Å². The number of alkyl halides is 6. The Kier molecular flexibility index (Phi) is 8.17. The highest BCUT2D eigenvalue weighted by molar-refractivity contribution is 6.09. The molecule has 3 rings (SSSR count). The number of terminal acetylenes is 1. The predicted molar refractivity (Wildman–Crippen MR) is 119 cm³/mol. The third-order valence-corrected chi connectivity index (χ3v) is 5.66. The van der Waals surface area contributed by atoms with E-state index >= 15 is 0 Å². The average Bonchev–Trinajstić information content (AvgIpc) is 2.81. The minimum atomic E-state index is -5.03. The van der Waals surface area contributed by atoms with Crippen LogP contribution in [0, 0.1) is 12.3 Å². The van der Waals surface area contributed by atoms with Gasteiger partial charge in [0.2, 0.25) is 5.91 Å². The summed E-state index contributed by atoms with van der Waals surface area (Å²) >= 11 is 0. The molecule has 2 aromatic carbocycles. The molecule has 2 aromatic rings. The van der Waals surface area contributed by atoms with Crippen LogP contribution in [-0.2, 0) is 15.8 Å². The van der Waals surface area contributed by atoms with Crippen LogP contribution in [0.5, 0.6) is 5.75 Å². The molecule has 0 saturated heterocycles. The highest BCUT2D eigenvalue weighted by Crippen LogP contribution is 2.36. The summed E-state index contributed by atoms with van der Waals surface area (Å²) in [6.07, 6.45) is -0.588. The first-order chi connectivity index (χ1) is 16.9. The van der Waals surface area contributed by atoms with Crippen LogP contribution in [0.4, 0.5) is 32.0 Å². The van der Waals surface area contributed by atoms with Gasteiger partial charge in [-0.2, -0.15) is 13.2 Å². The van der Waals surface area contributed by atoms with Crippen LogP contribution in [-0.4, -0.2) is 24.2 Å². The van der Waals surface area contributed by atoms with Gasteiger partial charge in [-0.15, -0.1) is 19.6 Å². The van der Waals surface area contributed by atoms with E-state index in [4.69, 9.17) is 6.42 Å². The molecule has 0 bridgehead atoms. The number of benzene rings is 2. The van der Waals surface area contributed by atoms with Gasteiger partial charge in [-0.05, 0) is 54.7 Å². The maximum atomic E-state index is 13.5. The summed E-state index contributed by atoms with van der Waals surface area (Å²) in [4.78, 5) is 26.9. The molecule has 0 aromatic heterocycles. The highest BCUT2D eigenvalue weighted by atomic mass is 19.4. The van der Waals surface area contributed by atoms with E-state index in [9.17, 15) is 35.9 Å². The van der Waals surface area contributed by atoms with Crippen LogP contribution in [0.15, 0.2) is 48.5 Å². The van der Waals surface area contributed by atoms with E-state index in [0.29, 0.717) is 23.8 Å². The highest BCUT2D eigenvalue weighted by Gasteiger charge is 2.37. The maximum Gasteiger partial charge on any atom is 0.573 e. The summed E-state index contributed by atoms with van der Waals surface area (Å²) < 4.78 is 82.5. The molecule has 2 amide bonds. The molecule has 1 N–H and O–H groups in total. The van der Waals surface area contributed by atoms with Gasteiger partial charge in [-0.25, -0.2) is 0 Å². The van der Waals surface area contributed by atoms with Gasteiger partial charge in [-0.1, -0.05) is 37.5 Å². The molecule has 1 unspecified atom stereocenters. The van der Waals surface area contributed by atoms with Crippen molar-refractivity contribution in [1.82, 2.24) is 5.32 Å².